The number of aliphatic hydroxyl groups is 1. The molecule has 2 saturated heterocycles. The second kappa shape index (κ2) is 6.98. The minimum atomic E-state index is -1.01. The van der Waals surface area contributed by atoms with Crippen molar-refractivity contribution in [3.05, 3.63) is 0 Å². The van der Waals surface area contributed by atoms with Gasteiger partial charge in [0.1, 0.15) is 6.61 Å². The van der Waals surface area contributed by atoms with Gasteiger partial charge in [-0.3, -0.25) is 4.79 Å². The Morgan fingerprint density at radius 2 is 1.96 bits per heavy atom. The van der Waals surface area contributed by atoms with Crippen molar-refractivity contribution >= 4 is 12.0 Å². The molecule has 24 heavy (non-hydrogen) atoms. The number of carbonyl (C=O) groups excluding carboxylic acids is 2. The summed E-state index contributed by atoms with van der Waals surface area (Å²) in [4.78, 5) is 25.6. The van der Waals surface area contributed by atoms with Gasteiger partial charge in [0.25, 0.3) is 0 Å². The number of cyclic esters (lactones) is 1. The third-order valence-electron chi connectivity index (χ3n) is 5.35. The van der Waals surface area contributed by atoms with E-state index in [0.717, 1.165) is 4.90 Å². The molecule has 0 aliphatic carbocycles. The summed E-state index contributed by atoms with van der Waals surface area (Å²) in [5, 5.41) is 10.7. The molecular weight excluding hydrogens is 314 g/mol. The molecule has 1 N–H and O–H groups in total. The monoisotopic (exact) mass is 343 g/mol. The number of hydrogen-bond donors (Lipinski definition) is 1. The Balaban J connectivity index is 2.11. The van der Waals surface area contributed by atoms with Crippen LogP contribution in [0.1, 0.15) is 47.5 Å². The molecule has 0 radical (unpaired) electrons. The first-order chi connectivity index (χ1) is 11.2. The Morgan fingerprint density at radius 1 is 1.38 bits per heavy atom. The van der Waals surface area contributed by atoms with Crippen LogP contribution in [0.25, 0.3) is 0 Å². The van der Waals surface area contributed by atoms with E-state index in [1.54, 1.807) is 0 Å². The number of amides is 2. The molecule has 0 spiro atoms. The molecular formula is C17H29NO6. The molecule has 0 aromatic heterocycles. The van der Waals surface area contributed by atoms with Crippen LogP contribution in [0.5, 0.6) is 0 Å². The molecule has 2 rings (SSSR count). The van der Waals surface area contributed by atoms with Gasteiger partial charge in [-0.05, 0) is 12.3 Å². The summed E-state index contributed by atoms with van der Waals surface area (Å²) in [6, 6.07) is -0.292. The van der Waals surface area contributed by atoms with E-state index in [-0.39, 0.29) is 25.0 Å². The van der Waals surface area contributed by atoms with Gasteiger partial charge in [-0.1, -0.05) is 34.6 Å². The second-order valence-electron chi connectivity index (χ2n) is 7.40. The molecule has 7 nitrogen and oxygen atoms in total. The summed E-state index contributed by atoms with van der Waals surface area (Å²) in [6.07, 6.45) is -1.27. The standard InChI is InChI=1S/C17H29NO6/c1-6-17(23-7-8-24-17)16(4,5)13(19)9-14(20)18-12(11(2)3)10-22-15(18)21/h11-13,19H,6-10H2,1-5H3/t12-,13+/m1/s1. The van der Waals surface area contributed by atoms with Crippen LogP contribution in [0.3, 0.4) is 0 Å². The highest BCUT2D eigenvalue weighted by atomic mass is 16.7. The Morgan fingerprint density at radius 3 is 2.46 bits per heavy atom. The molecule has 2 fully saturated rings. The summed E-state index contributed by atoms with van der Waals surface area (Å²) < 4.78 is 16.5. The van der Waals surface area contributed by atoms with Crippen LogP contribution >= 0.6 is 0 Å². The van der Waals surface area contributed by atoms with E-state index in [0.29, 0.717) is 19.6 Å². The third kappa shape index (κ3) is 3.17. The van der Waals surface area contributed by atoms with Crippen LogP contribution in [0.15, 0.2) is 0 Å². The van der Waals surface area contributed by atoms with Gasteiger partial charge in [-0.2, -0.15) is 0 Å². The maximum absolute atomic E-state index is 12.6. The Bertz CT molecular complexity index is 483. The number of nitrogens with zero attached hydrogens (tertiary/aromatic N) is 1. The Labute approximate surface area is 143 Å². The summed E-state index contributed by atoms with van der Waals surface area (Å²) >= 11 is 0. The van der Waals surface area contributed by atoms with Crippen LogP contribution in [0.2, 0.25) is 0 Å². The quantitative estimate of drug-likeness (QED) is 0.793. The van der Waals surface area contributed by atoms with Crippen molar-refractivity contribution in [3.8, 4) is 0 Å². The molecule has 0 bridgehead atoms. The topological polar surface area (TPSA) is 85.3 Å². The molecule has 0 aromatic rings. The number of rotatable bonds is 6. The van der Waals surface area contributed by atoms with E-state index in [2.05, 4.69) is 0 Å². The zero-order valence-corrected chi connectivity index (χ0v) is 15.2. The molecule has 0 saturated carbocycles. The van der Waals surface area contributed by atoms with Gasteiger partial charge >= 0.3 is 6.09 Å². The Hall–Kier alpha value is -1.18. The number of imide groups is 1. The highest BCUT2D eigenvalue weighted by Gasteiger charge is 2.53. The number of carbonyl (C=O) groups is 2. The third-order valence-corrected chi connectivity index (χ3v) is 5.35. The molecule has 2 aliphatic rings. The maximum Gasteiger partial charge on any atom is 0.416 e. The lowest BCUT2D eigenvalue weighted by Gasteiger charge is -2.44. The normalized spacial score (nSPS) is 25.2. The van der Waals surface area contributed by atoms with Crippen LogP contribution in [-0.2, 0) is 19.0 Å². The van der Waals surface area contributed by atoms with Crippen molar-refractivity contribution in [3.63, 3.8) is 0 Å². The van der Waals surface area contributed by atoms with Gasteiger partial charge in [0.15, 0.2) is 5.79 Å². The lowest BCUT2D eigenvalue weighted by atomic mass is 9.75. The summed E-state index contributed by atoms with van der Waals surface area (Å²) in [7, 11) is 0. The zero-order chi connectivity index (χ0) is 18.1. The van der Waals surface area contributed by atoms with Crippen molar-refractivity contribution in [2.24, 2.45) is 11.3 Å². The minimum Gasteiger partial charge on any atom is -0.447 e. The summed E-state index contributed by atoms with van der Waals surface area (Å²) in [6.45, 7) is 10.6. The van der Waals surface area contributed by atoms with Crippen LogP contribution in [-0.4, -0.2) is 59.8 Å². The van der Waals surface area contributed by atoms with Gasteiger partial charge in [-0.15, -0.1) is 0 Å². The zero-order valence-electron chi connectivity index (χ0n) is 15.2. The largest absolute Gasteiger partial charge is 0.447 e. The van der Waals surface area contributed by atoms with Crippen molar-refractivity contribution in [1.29, 1.82) is 0 Å². The van der Waals surface area contributed by atoms with Gasteiger partial charge < -0.3 is 19.3 Å². The minimum absolute atomic E-state index is 0.0917. The van der Waals surface area contributed by atoms with Crippen molar-refractivity contribution < 1.29 is 28.9 Å². The average Bonchev–Trinajstić information content (AvgIpc) is 3.14. The van der Waals surface area contributed by atoms with Crippen LogP contribution in [0.4, 0.5) is 4.79 Å². The second-order valence-corrected chi connectivity index (χ2v) is 7.40. The van der Waals surface area contributed by atoms with E-state index in [1.807, 2.05) is 34.6 Å². The molecule has 2 aliphatic heterocycles. The molecule has 2 amide bonds. The fraction of sp³-hybridized carbons (Fsp3) is 0.882. The first-order valence-electron chi connectivity index (χ1n) is 8.61. The smallest absolute Gasteiger partial charge is 0.416 e. The lowest BCUT2D eigenvalue weighted by Crippen LogP contribution is -2.54. The molecule has 2 atom stereocenters. The maximum atomic E-state index is 12.6. The van der Waals surface area contributed by atoms with E-state index in [4.69, 9.17) is 14.2 Å². The predicted molar refractivity (Wildman–Crippen MR) is 86.2 cm³/mol. The van der Waals surface area contributed by atoms with Crippen LogP contribution < -0.4 is 0 Å². The summed E-state index contributed by atoms with van der Waals surface area (Å²) in [5.74, 6) is -1.26. The molecule has 138 valence electrons. The van der Waals surface area contributed by atoms with Crippen LogP contribution in [0, 0.1) is 11.3 Å². The predicted octanol–water partition coefficient (Wildman–Crippen LogP) is 1.92. The lowest BCUT2D eigenvalue weighted by molar-refractivity contribution is -0.255. The van der Waals surface area contributed by atoms with Gasteiger partial charge in [-0.25, -0.2) is 9.69 Å². The highest BCUT2D eigenvalue weighted by Crippen LogP contribution is 2.44. The van der Waals surface area contributed by atoms with E-state index in [9.17, 15) is 14.7 Å². The number of hydrogen-bond acceptors (Lipinski definition) is 6. The van der Waals surface area contributed by atoms with E-state index >= 15 is 0 Å². The average molecular weight is 343 g/mol. The van der Waals surface area contributed by atoms with Gasteiger partial charge in [0.05, 0.1) is 31.8 Å². The number of ether oxygens (including phenoxy) is 3. The van der Waals surface area contributed by atoms with Gasteiger partial charge in [0.2, 0.25) is 5.91 Å². The molecule has 2 heterocycles. The SMILES string of the molecule is CCC1(C(C)(C)[C@@H](O)CC(=O)N2C(=O)OC[C@@H]2C(C)C)OCCO1. The van der Waals surface area contributed by atoms with Gasteiger partial charge in [0, 0.05) is 5.41 Å². The van der Waals surface area contributed by atoms with E-state index < -0.39 is 29.3 Å². The van der Waals surface area contributed by atoms with E-state index in [1.165, 1.54) is 0 Å². The van der Waals surface area contributed by atoms with Crippen molar-refractivity contribution in [2.45, 2.75) is 65.4 Å². The van der Waals surface area contributed by atoms with Crippen molar-refractivity contribution in [2.75, 3.05) is 19.8 Å². The first kappa shape index (κ1) is 19.1. The molecule has 0 aromatic carbocycles. The molecule has 0 unspecified atom stereocenters. The first-order valence-corrected chi connectivity index (χ1v) is 8.61. The fourth-order valence-corrected chi connectivity index (χ4v) is 3.47. The fourth-order valence-electron chi connectivity index (χ4n) is 3.47. The Kier molecular flexibility index (Phi) is 5.57. The highest BCUT2D eigenvalue weighted by molar-refractivity contribution is 5.93. The molecule has 7 heteroatoms. The van der Waals surface area contributed by atoms with Crippen molar-refractivity contribution in [1.82, 2.24) is 4.90 Å². The summed E-state index contributed by atoms with van der Waals surface area (Å²) in [5.41, 5.74) is -0.801. The number of aliphatic hydroxyl groups excluding tert-OH is 1.